The van der Waals surface area contributed by atoms with Gasteiger partial charge in [-0.2, -0.15) is 0 Å². The lowest BCUT2D eigenvalue weighted by Crippen LogP contribution is -2.58. The first-order valence-electron chi connectivity index (χ1n) is 6.73. The van der Waals surface area contributed by atoms with Gasteiger partial charge in [0, 0.05) is 25.4 Å². The Morgan fingerprint density at radius 1 is 1.33 bits per heavy atom. The van der Waals surface area contributed by atoms with Crippen molar-refractivity contribution in [3.8, 4) is 0 Å². The summed E-state index contributed by atoms with van der Waals surface area (Å²) in [7, 11) is 0. The van der Waals surface area contributed by atoms with Gasteiger partial charge in [0.1, 0.15) is 5.60 Å². The molecule has 1 spiro atoms. The Morgan fingerprint density at radius 2 is 2.11 bits per heavy atom. The van der Waals surface area contributed by atoms with Crippen LogP contribution in [0.4, 0.5) is 8.78 Å². The summed E-state index contributed by atoms with van der Waals surface area (Å²) in [6.07, 6.45) is -0.156. The molecule has 2 heterocycles. The van der Waals surface area contributed by atoms with Crippen LogP contribution in [0.1, 0.15) is 39.5 Å². The Labute approximate surface area is 107 Å². The topological polar surface area (TPSA) is 30.5 Å². The molecule has 0 saturated carbocycles. The maximum absolute atomic E-state index is 12.2. The summed E-state index contributed by atoms with van der Waals surface area (Å²) in [5, 5.41) is 3.41. The summed E-state index contributed by atoms with van der Waals surface area (Å²) < 4.78 is 36.1. The summed E-state index contributed by atoms with van der Waals surface area (Å²) in [5.74, 6) is 0. The molecule has 0 aromatic carbocycles. The maximum Gasteiger partial charge on any atom is 0.238 e. The molecule has 18 heavy (non-hydrogen) atoms. The molecule has 0 amide bonds. The first kappa shape index (κ1) is 14.2. The third-order valence-electron chi connectivity index (χ3n) is 3.86. The number of hydrogen-bond donors (Lipinski definition) is 1. The van der Waals surface area contributed by atoms with Gasteiger partial charge in [0.05, 0.1) is 18.8 Å². The van der Waals surface area contributed by atoms with E-state index in [0.717, 1.165) is 19.4 Å². The van der Waals surface area contributed by atoms with Crippen molar-refractivity contribution >= 4 is 0 Å². The average Bonchev–Trinajstić information content (AvgIpc) is 2.58. The monoisotopic (exact) mass is 263 g/mol. The number of halogens is 2. The van der Waals surface area contributed by atoms with Gasteiger partial charge in [-0.05, 0) is 26.7 Å². The summed E-state index contributed by atoms with van der Waals surface area (Å²) in [6.45, 7) is 6.13. The van der Waals surface area contributed by atoms with Crippen molar-refractivity contribution in [2.75, 3.05) is 19.8 Å². The van der Waals surface area contributed by atoms with Crippen molar-refractivity contribution in [3.63, 3.8) is 0 Å². The standard InChI is InChI=1S/C13H23F2NO2/c1-12(2)8-13(9-18-12)10(16-6-7-17-13)4-3-5-11(14)15/h10-11,16H,3-9H2,1-2H3. The van der Waals surface area contributed by atoms with Gasteiger partial charge in [0.2, 0.25) is 6.43 Å². The lowest BCUT2D eigenvalue weighted by molar-refractivity contribution is -0.100. The van der Waals surface area contributed by atoms with Crippen LogP contribution in [0.2, 0.25) is 0 Å². The van der Waals surface area contributed by atoms with E-state index in [0.29, 0.717) is 19.6 Å². The van der Waals surface area contributed by atoms with Gasteiger partial charge in [-0.3, -0.25) is 0 Å². The van der Waals surface area contributed by atoms with Crippen molar-refractivity contribution < 1.29 is 18.3 Å². The van der Waals surface area contributed by atoms with Crippen molar-refractivity contribution in [2.45, 2.75) is 63.2 Å². The van der Waals surface area contributed by atoms with Gasteiger partial charge in [0.15, 0.2) is 0 Å². The molecule has 2 unspecified atom stereocenters. The van der Waals surface area contributed by atoms with Crippen LogP contribution in [0.3, 0.4) is 0 Å². The largest absolute Gasteiger partial charge is 0.372 e. The SMILES string of the molecule is CC1(C)CC2(CO1)OCCNC2CCCC(F)F. The van der Waals surface area contributed by atoms with E-state index in [4.69, 9.17) is 9.47 Å². The van der Waals surface area contributed by atoms with Crippen LogP contribution in [-0.2, 0) is 9.47 Å². The number of rotatable bonds is 4. The predicted molar refractivity (Wildman–Crippen MR) is 65.0 cm³/mol. The van der Waals surface area contributed by atoms with Crippen LogP contribution in [-0.4, -0.2) is 43.4 Å². The van der Waals surface area contributed by atoms with Gasteiger partial charge < -0.3 is 14.8 Å². The molecule has 5 heteroatoms. The minimum Gasteiger partial charge on any atom is -0.372 e. The summed E-state index contributed by atoms with van der Waals surface area (Å²) in [6, 6.07) is 0.131. The molecule has 0 aromatic heterocycles. The van der Waals surface area contributed by atoms with Gasteiger partial charge in [0.25, 0.3) is 0 Å². The molecular weight excluding hydrogens is 240 g/mol. The first-order chi connectivity index (χ1) is 8.44. The third-order valence-corrected chi connectivity index (χ3v) is 3.86. The van der Waals surface area contributed by atoms with Crippen molar-refractivity contribution in [2.24, 2.45) is 0 Å². The fourth-order valence-corrected chi connectivity index (χ4v) is 3.07. The van der Waals surface area contributed by atoms with Crippen LogP contribution in [0.15, 0.2) is 0 Å². The molecule has 2 atom stereocenters. The second-order valence-corrected chi connectivity index (χ2v) is 5.97. The Hall–Kier alpha value is -0.260. The fourth-order valence-electron chi connectivity index (χ4n) is 3.07. The van der Waals surface area contributed by atoms with Gasteiger partial charge in [-0.25, -0.2) is 8.78 Å². The highest BCUT2D eigenvalue weighted by molar-refractivity contribution is 5.04. The highest BCUT2D eigenvalue weighted by Gasteiger charge is 2.51. The second kappa shape index (κ2) is 5.39. The lowest BCUT2D eigenvalue weighted by Gasteiger charge is -2.41. The van der Waals surface area contributed by atoms with Crippen molar-refractivity contribution in [1.29, 1.82) is 0 Å². The van der Waals surface area contributed by atoms with E-state index < -0.39 is 6.43 Å². The molecule has 0 aliphatic carbocycles. The smallest absolute Gasteiger partial charge is 0.238 e. The molecule has 1 N–H and O–H groups in total. The molecule has 106 valence electrons. The Kier molecular flexibility index (Phi) is 4.24. The number of ether oxygens (including phenoxy) is 2. The average molecular weight is 263 g/mol. The second-order valence-electron chi connectivity index (χ2n) is 5.97. The zero-order valence-electron chi connectivity index (χ0n) is 11.2. The zero-order valence-corrected chi connectivity index (χ0v) is 11.2. The molecule has 0 radical (unpaired) electrons. The van der Waals surface area contributed by atoms with Crippen LogP contribution in [0, 0.1) is 0 Å². The van der Waals surface area contributed by atoms with E-state index in [9.17, 15) is 8.78 Å². The van der Waals surface area contributed by atoms with Gasteiger partial charge in [-0.1, -0.05) is 0 Å². The van der Waals surface area contributed by atoms with E-state index >= 15 is 0 Å². The fraction of sp³-hybridized carbons (Fsp3) is 1.00. The van der Waals surface area contributed by atoms with Crippen LogP contribution in [0.5, 0.6) is 0 Å². The highest BCUT2D eigenvalue weighted by Crippen LogP contribution is 2.40. The van der Waals surface area contributed by atoms with Crippen LogP contribution < -0.4 is 5.32 Å². The normalized spacial score (nSPS) is 35.5. The molecule has 2 fully saturated rings. The van der Waals surface area contributed by atoms with E-state index in [1.165, 1.54) is 0 Å². The van der Waals surface area contributed by atoms with E-state index in [-0.39, 0.29) is 23.7 Å². The predicted octanol–water partition coefficient (Wildman–Crippen LogP) is 2.35. The Bertz CT molecular complexity index is 286. The summed E-state index contributed by atoms with van der Waals surface area (Å²) in [5.41, 5.74) is -0.496. The quantitative estimate of drug-likeness (QED) is 0.844. The highest BCUT2D eigenvalue weighted by atomic mass is 19.3. The number of morpholine rings is 1. The van der Waals surface area contributed by atoms with Gasteiger partial charge >= 0.3 is 0 Å². The minimum atomic E-state index is -2.21. The summed E-state index contributed by atoms with van der Waals surface area (Å²) in [4.78, 5) is 0. The Morgan fingerprint density at radius 3 is 2.72 bits per heavy atom. The maximum atomic E-state index is 12.2. The lowest BCUT2D eigenvalue weighted by atomic mass is 9.83. The number of hydrogen-bond acceptors (Lipinski definition) is 3. The minimum absolute atomic E-state index is 0.0293. The van der Waals surface area contributed by atoms with Crippen LogP contribution >= 0.6 is 0 Å². The number of nitrogens with one attached hydrogen (secondary N) is 1. The molecule has 2 aliphatic rings. The molecule has 0 aromatic rings. The van der Waals surface area contributed by atoms with E-state index in [2.05, 4.69) is 19.2 Å². The molecule has 2 aliphatic heterocycles. The van der Waals surface area contributed by atoms with Crippen molar-refractivity contribution in [3.05, 3.63) is 0 Å². The van der Waals surface area contributed by atoms with Crippen molar-refractivity contribution in [1.82, 2.24) is 5.32 Å². The molecule has 2 saturated heterocycles. The number of alkyl halides is 2. The van der Waals surface area contributed by atoms with Crippen LogP contribution in [0.25, 0.3) is 0 Å². The molecule has 2 rings (SSSR count). The summed E-state index contributed by atoms with van der Waals surface area (Å²) >= 11 is 0. The van der Waals surface area contributed by atoms with E-state index in [1.807, 2.05) is 0 Å². The van der Waals surface area contributed by atoms with E-state index in [1.54, 1.807) is 0 Å². The molecular formula is C13H23F2NO2. The van der Waals surface area contributed by atoms with Gasteiger partial charge in [-0.15, -0.1) is 0 Å². The molecule has 0 bridgehead atoms. The first-order valence-corrected chi connectivity index (χ1v) is 6.73. The zero-order chi connectivity index (χ0) is 13.2. The third kappa shape index (κ3) is 3.19. The molecule has 3 nitrogen and oxygen atoms in total. The Balaban J connectivity index is 1.94.